The fraction of sp³-hybridized carbons (Fsp3) is 0.0789. The zero-order valence-electron chi connectivity index (χ0n) is 46.5. The molecule has 0 aliphatic rings. The first-order valence-electron chi connectivity index (χ1n) is 28.1. The van der Waals surface area contributed by atoms with Gasteiger partial charge in [0.25, 0.3) is 0 Å². The Kier molecular flexibility index (Phi) is 13.0. The standard InChI is InChI=1S/C76H64N2Si2/c1-79(2,3)65-45-39-61(40-46-65)77(59-23-9-7-10-24-59)63-43-49-71-73(51-63)75(57-35-31-55(32-36-57)69-29-17-21-53-19-13-15-27-67(53)69)72-50-44-64(78(60-25-11-8-12-26-60)62-41-47-66(48-42-62)80(4,5)6)52-74(72)76(71)58-37-33-56(34-38-58)70-30-18-22-54-20-14-16-28-68(54)70/h7-52H,1-6H3. The molecular formula is C76H64N2Si2. The van der Waals surface area contributed by atoms with E-state index in [1.165, 1.54) is 98.0 Å². The highest BCUT2D eigenvalue weighted by molar-refractivity contribution is 6.89. The summed E-state index contributed by atoms with van der Waals surface area (Å²) in [5, 5.41) is 12.6. The molecule has 0 spiro atoms. The van der Waals surface area contributed by atoms with Gasteiger partial charge in [-0.3, -0.25) is 0 Å². The summed E-state index contributed by atoms with van der Waals surface area (Å²) in [6.45, 7) is 14.5. The second kappa shape index (κ2) is 20.6. The summed E-state index contributed by atoms with van der Waals surface area (Å²) in [4.78, 5) is 4.86. The number of nitrogens with zero attached hydrogens (tertiary/aromatic N) is 2. The molecule has 2 nitrogen and oxygen atoms in total. The van der Waals surface area contributed by atoms with Crippen molar-refractivity contribution in [2.24, 2.45) is 0 Å². The maximum Gasteiger partial charge on any atom is 0.0775 e. The van der Waals surface area contributed by atoms with Gasteiger partial charge in [-0.15, -0.1) is 0 Å². The van der Waals surface area contributed by atoms with Crippen LogP contribution in [0.1, 0.15) is 0 Å². The van der Waals surface area contributed by atoms with Crippen LogP contribution in [0.3, 0.4) is 0 Å². The van der Waals surface area contributed by atoms with Crippen molar-refractivity contribution in [1.82, 2.24) is 0 Å². The number of hydrogen-bond donors (Lipinski definition) is 0. The lowest BCUT2D eigenvalue weighted by Gasteiger charge is -2.29. The van der Waals surface area contributed by atoms with Crippen LogP contribution in [0, 0.1) is 0 Å². The molecule has 0 amide bonds. The van der Waals surface area contributed by atoms with Crippen LogP contribution in [0.5, 0.6) is 0 Å². The average Bonchev–Trinajstić information content (AvgIpc) is 3.53. The minimum atomic E-state index is -1.55. The van der Waals surface area contributed by atoms with E-state index in [1.807, 2.05) is 0 Å². The van der Waals surface area contributed by atoms with E-state index in [1.54, 1.807) is 0 Å². The zero-order chi connectivity index (χ0) is 54.5. The lowest BCUT2D eigenvalue weighted by molar-refractivity contribution is 1.29. The van der Waals surface area contributed by atoms with E-state index in [-0.39, 0.29) is 0 Å². The van der Waals surface area contributed by atoms with Crippen LogP contribution in [0.25, 0.3) is 87.6 Å². The highest BCUT2D eigenvalue weighted by Gasteiger charge is 2.24. The quantitative estimate of drug-likeness (QED) is 0.0889. The monoisotopic (exact) mass is 1060 g/mol. The van der Waals surface area contributed by atoms with E-state index >= 15 is 0 Å². The molecule has 13 aromatic carbocycles. The summed E-state index contributed by atoms with van der Waals surface area (Å²) < 4.78 is 0. The molecule has 0 fully saturated rings. The first-order valence-corrected chi connectivity index (χ1v) is 35.1. The molecular weight excluding hydrogens is 997 g/mol. The lowest BCUT2D eigenvalue weighted by atomic mass is 9.84. The van der Waals surface area contributed by atoms with Crippen LogP contribution in [0.4, 0.5) is 34.1 Å². The third kappa shape index (κ3) is 9.51. The van der Waals surface area contributed by atoms with Crippen molar-refractivity contribution in [3.8, 4) is 44.5 Å². The molecule has 386 valence electrons. The van der Waals surface area contributed by atoms with Crippen molar-refractivity contribution in [1.29, 1.82) is 0 Å². The Morgan fingerprint density at radius 1 is 0.225 bits per heavy atom. The second-order valence-electron chi connectivity index (χ2n) is 23.4. The number of hydrogen-bond acceptors (Lipinski definition) is 2. The Morgan fingerprint density at radius 3 is 0.912 bits per heavy atom. The molecule has 4 heteroatoms. The molecule has 0 radical (unpaired) electrons. The van der Waals surface area contributed by atoms with E-state index in [4.69, 9.17) is 0 Å². The molecule has 0 N–H and O–H groups in total. The molecule has 0 saturated heterocycles. The SMILES string of the molecule is C[Si](C)(C)c1ccc(N(c2ccccc2)c2ccc3c(-c4ccc(-c5cccc6ccccc56)cc4)c4cc(N(c5ccccc5)c5ccc([Si](C)(C)C)cc5)ccc4c(-c4ccc(-c5cccc6ccccc56)cc4)c3c2)cc1. The molecule has 0 saturated carbocycles. The van der Waals surface area contributed by atoms with Gasteiger partial charge in [0, 0.05) is 34.1 Å². The normalized spacial score (nSPS) is 11.9. The number of anilines is 6. The van der Waals surface area contributed by atoms with Gasteiger partial charge in [0.05, 0.1) is 16.1 Å². The fourth-order valence-corrected chi connectivity index (χ4v) is 14.3. The first-order chi connectivity index (χ1) is 38.9. The Balaban J connectivity index is 1.09. The van der Waals surface area contributed by atoms with Gasteiger partial charge in [-0.25, -0.2) is 0 Å². The van der Waals surface area contributed by atoms with Crippen LogP contribution < -0.4 is 20.2 Å². The van der Waals surface area contributed by atoms with E-state index in [0.717, 1.165) is 34.1 Å². The number of benzene rings is 13. The molecule has 13 rings (SSSR count). The molecule has 0 atom stereocenters. The van der Waals surface area contributed by atoms with Gasteiger partial charge < -0.3 is 9.80 Å². The molecule has 0 heterocycles. The summed E-state index contributed by atoms with van der Waals surface area (Å²) in [5.41, 5.74) is 16.3. The molecule has 0 bridgehead atoms. The molecule has 0 aromatic heterocycles. The van der Waals surface area contributed by atoms with E-state index in [9.17, 15) is 0 Å². The van der Waals surface area contributed by atoms with Gasteiger partial charge in [-0.1, -0.05) is 256 Å². The highest BCUT2D eigenvalue weighted by Crippen LogP contribution is 2.49. The van der Waals surface area contributed by atoms with Gasteiger partial charge in [0.1, 0.15) is 0 Å². The maximum atomic E-state index is 2.46. The van der Waals surface area contributed by atoms with Gasteiger partial charge in [-0.05, 0) is 160 Å². The lowest BCUT2D eigenvalue weighted by Crippen LogP contribution is -2.37. The smallest absolute Gasteiger partial charge is 0.0775 e. The maximum absolute atomic E-state index is 2.46. The highest BCUT2D eigenvalue weighted by atomic mass is 28.3. The van der Waals surface area contributed by atoms with Gasteiger partial charge in [0.15, 0.2) is 0 Å². The Labute approximate surface area is 473 Å². The van der Waals surface area contributed by atoms with Crippen molar-refractivity contribution in [3.05, 3.63) is 279 Å². The average molecular weight is 1060 g/mol. The first kappa shape index (κ1) is 50.4. The third-order valence-corrected chi connectivity index (χ3v) is 20.3. The predicted molar refractivity (Wildman–Crippen MR) is 354 cm³/mol. The van der Waals surface area contributed by atoms with Crippen molar-refractivity contribution in [3.63, 3.8) is 0 Å². The molecule has 0 unspecified atom stereocenters. The summed E-state index contributed by atoms with van der Waals surface area (Å²) in [7, 11) is -3.10. The fourth-order valence-electron chi connectivity index (χ4n) is 12.0. The summed E-state index contributed by atoms with van der Waals surface area (Å²) in [6.07, 6.45) is 0. The molecule has 13 aromatic rings. The summed E-state index contributed by atoms with van der Waals surface area (Å²) >= 11 is 0. The van der Waals surface area contributed by atoms with Crippen LogP contribution in [0.15, 0.2) is 279 Å². The third-order valence-electron chi connectivity index (χ3n) is 16.2. The largest absolute Gasteiger partial charge is 0.310 e. The summed E-state index contributed by atoms with van der Waals surface area (Å²) in [6, 6.07) is 104. The van der Waals surface area contributed by atoms with Crippen molar-refractivity contribution >= 4 is 104 Å². The van der Waals surface area contributed by atoms with Crippen LogP contribution in [0.2, 0.25) is 39.3 Å². The van der Waals surface area contributed by atoms with Crippen LogP contribution in [-0.4, -0.2) is 16.1 Å². The molecule has 0 aliphatic carbocycles. The van der Waals surface area contributed by atoms with Crippen molar-refractivity contribution in [2.45, 2.75) is 39.3 Å². The Bertz CT molecular complexity index is 4090. The predicted octanol–water partition coefficient (Wildman–Crippen LogP) is 21.0. The van der Waals surface area contributed by atoms with E-state index in [2.05, 4.69) is 328 Å². The minimum Gasteiger partial charge on any atom is -0.310 e. The van der Waals surface area contributed by atoms with Crippen LogP contribution in [-0.2, 0) is 0 Å². The second-order valence-corrected chi connectivity index (χ2v) is 33.5. The van der Waals surface area contributed by atoms with Crippen molar-refractivity contribution < 1.29 is 0 Å². The number of rotatable bonds is 12. The Hall–Kier alpha value is -9.07. The van der Waals surface area contributed by atoms with Crippen LogP contribution >= 0.6 is 0 Å². The van der Waals surface area contributed by atoms with Gasteiger partial charge in [0.2, 0.25) is 0 Å². The van der Waals surface area contributed by atoms with Gasteiger partial charge >= 0.3 is 0 Å². The number of para-hydroxylation sites is 2. The minimum absolute atomic E-state index is 1.10. The van der Waals surface area contributed by atoms with Crippen molar-refractivity contribution in [2.75, 3.05) is 9.80 Å². The molecule has 80 heavy (non-hydrogen) atoms. The Morgan fingerprint density at radius 2 is 0.537 bits per heavy atom. The zero-order valence-corrected chi connectivity index (χ0v) is 48.5. The van der Waals surface area contributed by atoms with E-state index in [0.29, 0.717) is 0 Å². The number of fused-ring (bicyclic) bond motifs is 4. The van der Waals surface area contributed by atoms with E-state index < -0.39 is 16.1 Å². The molecule has 0 aliphatic heterocycles. The topological polar surface area (TPSA) is 6.48 Å². The summed E-state index contributed by atoms with van der Waals surface area (Å²) in [5.74, 6) is 0. The van der Waals surface area contributed by atoms with Gasteiger partial charge in [-0.2, -0.15) is 0 Å².